The summed E-state index contributed by atoms with van der Waals surface area (Å²) in [6, 6.07) is 3.47. The van der Waals surface area contributed by atoms with Crippen LogP contribution in [0.4, 0.5) is 5.69 Å². The number of nitrogens with zero attached hydrogens (tertiary/aromatic N) is 1. The van der Waals surface area contributed by atoms with Crippen molar-refractivity contribution in [1.82, 2.24) is 4.31 Å². The van der Waals surface area contributed by atoms with Crippen LogP contribution in [0, 0.1) is 19.8 Å². The van der Waals surface area contributed by atoms with Crippen molar-refractivity contribution in [3.05, 3.63) is 23.3 Å². The standard InChI is InChI=1S/C14H23N3O3S/c1-10-7-13(16-15)8-11(2)14(10)21(19,20)17-5-3-12(9-17)4-6-18/h7-8,12,16,18H,3-6,9,15H2,1-2H3. The molecule has 0 amide bonds. The maximum Gasteiger partial charge on any atom is 0.243 e. The fourth-order valence-electron chi connectivity index (χ4n) is 3.00. The third kappa shape index (κ3) is 3.21. The number of aliphatic hydroxyl groups is 1. The van der Waals surface area contributed by atoms with E-state index in [0.717, 1.165) is 6.42 Å². The molecule has 1 aromatic carbocycles. The molecule has 1 aromatic rings. The van der Waals surface area contributed by atoms with Crippen LogP contribution in [-0.4, -0.2) is 37.5 Å². The molecule has 2 rings (SSSR count). The third-order valence-electron chi connectivity index (χ3n) is 4.01. The van der Waals surface area contributed by atoms with E-state index in [1.165, 1.54) is 4.31 Å². The maximum absolute atomic E-state index is 12.8. The Labute approximate surface area is 126 Å². The molecule has 1 saturated heterocycles. The second-order valence-corrected chi connectivity index (χ2v) is 7.49. The van der Waals surface area contributed by atoms with Crippen molar-refractivity contribution in [2.45, 2.75) is 31.6 Å². The van der Waals surface area contributed by atoms with E-state index in [4.69, 9.17) is 10.9 Å². The first kappa shape index (κ1) is 16.2. The van der Waals surface area contributed by atoms with E-state index in [1.807, 2.05) is 0 Å². The van der Waals surface area contributed by atoms with Crippen LogP contribution in [0.25, 0.3) is 0 Å². The van der Waals surface area contributed by atoms with Gasteiger partial charge in [0.1, 0.15) is 0 Å². The van der Waals surface area contributed by atoms with E-state index >= 15 is 0 Å². The lowest BCUT2D eigenvalue weighted by Crippen LogP contribution is -2.30. The summed E-state index contributed by atoms with van der Waals surface area (Å²) in [6.07, 6.45) is 1.46. The Morgan fingerprint density at radius 2 is 2.00 bits per heavy atom. The third-order valence-corrected chi connectivity index (χ3v) is 6.18. The van der Waals surface area contributed by atoms with Gasteiger partial charge in [-0.25, -0.2) is 8.42 Å². The molecule has 0 spiro atoms. The quantitative estimate of drug-likeness (QED) is 0.556. The molecule has 0 saturated carbocycles. The Hall–Kier alpha value is -1.15. The average Bonchev–Trinajstić information content (AvgIpc) is 2.87. The number of benzene rings is 1. The summed E-state index contributed by atoms with van der Waals surface area (Å²) in [6.45, 7) is 4.67. The number of aliphatic hydroxyl groups excluding tert-OH is 1. The Bertz CT molecular complexity index is 593. The monoisotopic (exact) mass is 313 g/mol. The predicted octanol–water partition coefficient (Wildman–Crippen LogP) is 0.982. The first-order chi connectivity index (χ1) is 9.90. The van der Waals surface area contributed by atoms with Crippen molar-refractivity contribution in [2.75, 3.05) is 25.1 Å². The summed E-state index contributed by atoms with van der Waals surface area (Å²) in [5.41, 5.74) is 4.62. The fraction of sp³-hybridized carbons (Fsp3) is 0.571. The first-order valence-corrected chi connectivity index (χ1v) is 8.53. The van der Waals surface area contributed by atoms with Crippen molar-refractivity contribution in [3.63, 3.8) is 0 Å². The van der Waals surface area contributed by atoms with Gasteiger partial charge in [-0.3, -0.25) is 5.84 Å². The Morgan fingerprint density at radius 1 is 1.38 bits per heavy atom. The minimum atomic E-state index is -3.49. The maximum atomic E-state index is 12.8. The predicted molar refractivity (Wildman–Crippen MR) is 82.3 cm³/mol. The summed E-state index contributed by atoms with van der Waals surface area (Å²) < 4.78 is 27.2. The van der Waals surface area contributed by atoms with Crippen molar-refractivity contribution < 1.29 is 13.5 Å². The molecule has 7 heteroatoms. The highest BCUT2D eigenvalue weighted by Crippen LogP contribution is 2.31. The van der Waals surface area contributed by atoms with Gasteiger partial charge >= 0.3 is 0 Å². The number of sulfonamides is 1. The van der Waals surface area contributed by atoms with Gasteiger partial charge in [0.15, 0.2) is 0 Å². The minimum Gasteiger partial charge on any atom is -0.396 e. The Morgan fingerprint density at radius 3 is 2.52 bits per heavy atom. The molecule has 118 valence electrons. The summed E-state index contributed by atoms with van der Waals surface area (Å²) in [5, 5.41) is 8.99. The zero-order valence-electron chi connectivity index (χ0n) is 12.5. The minimum absolute atomic E-state index is 0.105. The number of rotatable bonds is 5. The van der Waals surface area contributed by atoms with Gasteiger partial charge in [0.05, 0.1) is 4.90 Å². The van der Waals surface area contributed by atoms with Crippen LogP contribution in [0.1, 0.15) is 24.0 Å². The molecule has 21 heavy (non-hydrogen) atoms. The molecule has 1 heterocycles. The summed E-state index contributed by atoms with van der Waals surface area (Å²) >= 11 is 0. The van der Waals surface area contributed by atoms with Crippen LogP contribution in [0.3, 0.4) is 0 Å². The molecule has 0 radical (unpaired) electrons. The lowest BCUT2D eigenvalue weighted by Gasteiger charge is -2.20. The molecule has 0 aromatic heterocycles. The van der Waals surface area contributed by atoms with Crippen LogP contribution < -0.4 is 11.3 Å². The average molecular weight is 313 g/mol. The van der Waals surface area contributed by atoms with Gasteiger partial charge in [0.2, 0.25) is 10.0 Å². The van der Waals surface area contributed by atoms with E-state index in [1.54, 1.807) is 26.0 Å². The molecule has 0 aliphatic carbocycles. The molecule has 0 bridgehead atoms. The molecule has 1 aliphatic heterocycles. The van der Waals surface area contributed by atoms with Gasteiger partial charge < -0.3 is 10.5 Å². The summed E-state index contributed by atoms with van der Waals surface area (Å²) in [7, 11) is -3.49. The van der Waals surface area contributed by atoms with Gasteiger partial charge in [-0.15, -0.1) is 0 Å². The number of aryl methyl sites for hydroxylation is 2. The number of nitrogens with two attached hydrogens (primary N) is 1. The number of nitrogen functional groups attached to an aromatic ring is 1. The van der Waals surface area contributed by atoms with Crippen LogP contribution in [-0.2, 0) is 10.0 Å². The van der Waals surface area contributed by atoms with E-state index in [-0.39, 0.29) is 12.5 Å². The molecule has 1 unspecified atom stereocenters. The van der Waals surface area contributed by atoms with E-state index < -0.39 is 10.0 Å². The van der Waals surface area contributed by atoms with Crippen molar-refractivity contribution in [3.8, 4) is 0 Å². The van der Waals surface area contributed by atoms with Gasteiger partial charge in [-0.2, -0.15) is 4.31 Å². The SMILES string of the molecule is Cc1cc(NN)cc(C)c1S(=O)(=O)N1CCC(CCO)C1. The zero-order chi connectivity index (χ0) is 15.6. The van der Waals surface area contributed by atoms with Gasteiger partial charge in [0, 0.05) is 25.4 Å². The Kier molecular flexibility index (Phi) is 4.88. The normalized spacial score (nSPS) is 19.9. The summed E-state index contributed by atoms with van der Waals surface area (Å²) in [4.78, 5) is 0.367. The second kappa shape index (κ2) is 6.31. The van der Waals surface area contributed by atoms with Gasteiger partial charge in [-0.1, -0.05) is 0 Å². The topological polar surface area (TPSA) is 95.7 Å². The number of hydrogen-bond donors (Lipinski definition) is 3. The molecule has 6 nitrogen and oxygen atoms in total. The second-order valence-electron chi connectivity index (χ2n) is 5.61. The summed E-state index contributed by atoms with van der Waals surface area (Å²) in [5.74, 6) is 5.63. The highest BCUT2D eigenvalue weighted by Gasteiger charge is 2.34. The van der Waals surface area contributed by atoms with Crippen LogP contribution in [0.2, 0.25) is 0 Å². The lowest BCUT2D eigenvalue weighted by atomic mass is 10.1. The molecular formula is C14H23N3O3S. The molecule has 1 atom stereocenters. The molecule has 4 N–H and O–H groups in total. The van der Waals surface area contributed by atoms with Gasteiger partial charge in [-0.05, 0) is 55.9 Å². The Balaban J connectivity index is 2.33. The molecule has 1 fully saturated rings. The van der Waals surface area contributed by atoms with E-state index in [2.05, 4.69) is 5.43 Å². The van der Waals surface area contributed by atoms with Crippen LogP contribution >= 0.6 is 0 Å². The zero-order valence-corrected chi connectivity index (χ0v) is 13.3. The highest BCUT2D eigenvalue weighted by atomic mass is 32.2. The van der Waals surface area contributed by atoms with Crippen LogP contribution in [0.5, 0.6) is 0 Å². The molecule has 1 aliphatic rings. The first-order valence-electron chi connectivity index (χ1n) is 7.09. The number of anilines is 1. The number of nitrogens with one attached hydrogen (secondary N) is 1. The van der Waals surface area contributed by atoms with Gasteiger partial charge in [0.25, 0.3) is 0 Å². The number of hydrazine groups is 1. The van der Waals surface area contributed by atoms with E-state index in [0.29, 0.717) is 41.2 Å². The smallest absolute Gasteiger partial charge is 0.243 e. The van der Waals surface area contributed by atoms with Crippen molar-refractivity contribution in [1.29, 1.82) is 0 Å². The van der Waals surface area contributed by atoms with Crippen LogP contribution in [0.15, 0.2) is 17.0 Å². The van der Waals surface area contributed by atoms with E-state index in [9.17, 15) is 8.42 Å². The molecular weight excluding hydrogens is 290 g/mol. The largest absolute Gasteiger partial charge is 0.396 e. The lowest BCUT2D eigenvalue weighted by molar-refractivity contribution is 0.259. The highest BCUT2D eigenvalue weighted by molar-refractivity contribution is 7.89. The van der Waals surface area contributed by atoms with Crippen molar-refractivity contribution in [2.24, 2.45) is 11.8 Å². The number of hydrogen-bond acceptors (Lipinski definition) is 5. The van der Waals surface area contributed by atoms with Crippen molar-refractivity contribution >= 4 is 15.7 Å². The fourth-order valence-corrected chi connectivity index (χ4v) is 4.95.